The van der Waals surface area contributed by atoms with Crippen LogP contribution in [0.25, 0.3) is 0 Å². The van der Waals surface area contributed by atoms with Crippen LogP contribution in [0.5, 0.6) is 0 Å². The summed E-state index contributed by atoms with van der Waals surface area (Å²) in [7, 11) is 0. The fourth-order valence-electron chi connectivity index (χ4n) is 3.59. The maximum absolute atomic E-state index is 12.3. The van der Waals surface area contributed by atoms with Crippen molar-refractivity contribution in [2.24, 2.45) is 5.92 Å². The average Bonchev–Trinajstić information content (AvgIpc) is 3.23. The zero-order chi connectivity index (χ0) is 16.1. The van der Waals surface area contributed by atoms with Gasteiger partial charge in [-0.1, -0.05) is 49.2 Å². The number of ketones is 1. The van der Waals surface area contributed by atoms with E-state index in [2.05, 4.69) is 6.08 Å². The molecular weight excluding hydrogens is 288 g/mol. The van der Waals surface area contributed by atoms with Crippen molar-refractivity contribution in [1.82, 2.24) is 0 Å². The Morgan fingerprint density at radius 2 is 1.83 bits per heavy atom. The van der Waals surface area contributed by atoms with Gasteiger partial charge in [-0.15, -0.1) is 0 Å². The molecule has 0 radical (unpaired) electrons. The van der Waals surface area contributed by atoms with Crippen molar-refractivity contribution in [1.29, 1.82) is 0 Å². The van der Waals surface area contributed by atoms with Crippen molar-refractivity contribution in [3.05, 3.63) is 47.5 Å². The number of cyclic esters (lactones) is 1. The molecule has 1 saturated heterocycles. The van der Waals surface area contributed by atoms with Crippen molar-refractivity contribution >= 4 is 11.8 Å². The number of Topliss-reactive ketones (excluding diaryl/α,β-unsaturated/α-hetero) is 1. The first-order valence-corrected chi connectivity index (χ1v) is 8.70. The van der Waals surface area contributed by atoms with Crippen molar-refractivity contribution < 1.29 is 14.3 Å². The van der Waals surface area contributed by atoms with Gasteiger partial charge in [-0.25, -0.2) is 0 Å². The molecule has 0 amide bonds. The Morgan fingerprint density at radius 3 is 2.48 bits per heavy atom. The second-order valence-electron chi connectivity index (χ2n) is 6.59. The smallest absolute Gasteiger partial charge is 0.306 e. The van der Waals surface area contributed by atoms with Gasteiger partial charge < -0.3 is 4.74 Å². The molecule has 23 heavy (non-hydrogen) atoms. The summed E-state index contributed by atoms with van der Waals surface area (Å²) in [4.78, 5) is 23.8. The number of hydrogen-bond acceptors (Lipinski definition) is 3. The lowest BCUT2D eigenvalue weighted by atomic mass is 9.94. The topological polar surface area (TPSA) is 43.4 Å². The van der Waals surface area contributed by atoms with Gasteiger partial charge in [0.15, 0.2) is 5.78 Å². The fraction of sp³-hybridized carbons (Fsp3) is 0.500. The highest BCUT2D eigenvalue weighted by Crippen LogP contribution is 2.31. The Hall–Kier alpha value is -1.90. The minimum Gasteiger partial charge on any atom is -0.458 e. The Kier molecular flexibility index (Phi) is 5.27. The van der Waals surface area contributed by atoms with Crippen LogP contribution in [0.1, 0.15) is 61.7 Å². The highest BCUT2D eigenvalue weighted by atomic mass is 16.5. The summed E-state index contributed by atoms with van der Waals surface area (Å²) in [6.45, 7) is 0. The summed E-state index contributed by atoms with van der Waals surface area (Å²) in [5.41, 5.74) is 1.92. The summed E-state index contributed by atoms with van der Waals surface area (Å²) in [6, 6.07) is 9.42. The second-order valence-corrected chi connectivity index (χ2v) is 6.59. The average molecular weight is 312 g/mol. The third-order valence-corrected chi connectivity index (χ3v) is 4.88. The number of hydrogen-bond donors (Lipinski definition) is 0. The lowest BCUT2D eigenvalue weighted by Gasteiger charge is -2.16. The van der Waals surface area contributed by atoms with E-state index in [1.807, 2.05) is 30.3 Å². The first-order chi connectivity index (χ1) is 11.2. The minimum absolute atomic E-state index is 0.105. The van der Waals surface area contributed by atoms with Crippen LogP contribution >= 0.6 is 0 Å². The van der Waals surface area contributed by atoms with Gasteiger partial charge in [0.25, 0.3) is 0 Å². The molecule has 0 spiro atoms. The van der Waals surface area contributed by atoms with E-state index in [4.69, 9.17) is 4.74 Å². The Balaban J connectivity index is 1.66. The minimum atomic E-state index is -0.110. The number of esters is 1. The molecule has 1 heterocycles. The quantitative estimate of drug-likeness (QED) is 0.442. The number of carbonyl (C=O) groups is 2. The largest absolute Gasteiger partial charge is 0.458 e. The summed E-state index contributed by atoms with van der Waals surface area (Å²) in [5.74, 6) is 0.644. The highest BCUT2D eigenvalue weighted by molar-refractivity contribution is 5.96. The summed E-state index contributed by atoms with van der Waals surface area (Å²) in [6.07, 6.45) is 9.63. The maximum Gasteiger partial charge on any atom is 0.306 e. The van der Waals surface area contributed by atoms with Crippen LogP contribution in [-0.4, -0.2) is 17.9 Å². The molecule has 3 rings (SSSR count). The first kappa shape index (κ1) is 16.0. The van der Waals surface area contributed by atoms with E-state index in [9.17, 15) is 9.59 Å². The molecule has 0 bridgehead atoms. The molecule has 2 fully saturated rings. The third-order valence-electron chi connectivity index (χ3n) is 4.88. The lowest BCUT2D eigenvalue weighted by Crippen LogP contribution is -2.13. The SMILES string of the molecule is O=C1CCC(/C(=C/C2CCCC2)CCC(=O)c2ccccc2)O1. The molecule has 1 saturated carbocycles. The molecule has 1 unspecified atom stereocenters. The number of benzene rings is 1. The molecule has 122 valence electrons. The second kappa shape index (κ2) is 7.58. The Labute approximate surface area is 137 Å². The van der Waals surface area contributed by atoms with Crippen molar-refractivity contribution in [3.8, 4) is 0 Å². The van der Waals surface area contributed by atoms with Crippen LogP contribution in [0.15, 0.2) is 42.0 Å². The van der Waals surface area contributed by atoms with Gasteiger partial charge in [0.2, 0.25) is 0 Å². The summed E-state index contributed by atoms with van der Waals surface area (Å²) < 4.78 is 5.45. The van der Waals surface area contributed by atoms with Crippen LogP contribution in [0.2, 0.25) is 0 Å². The van der Waals surface area contributed by atoms with E-state index in [1.165, 1.54) is 25.7 Å². The van der Waals surface area contributed by atoms with E-state index < -0.39 is 0 Å². The highest BCUT2D eigenvalue weighted by Gasteiger charge is 2.28. The summed E-state index contributed by atoms with van der Waals surface area (Å²) in [5, 5.41) is 0. The normalized spacial score (nSPS) is 22.3. The Bertz CT molecular complexity index is 582. The van der Waals surface area contributed by atoms with Crippen LogP contribution in [0, 0.1) is 5.92 Å². The van der Waals surface area contributed by atoms with Crippen LogP contribution in [-0.2, 0) is 9.53 Å². The molecule has 1 aromatic carbocycles. The molecule has 2 aliphatic rings. The Morgan fingerprint density at radius 1 is 1.09 bits per heavy atom. The summed E-state index contributed by atoms with van der Waals surface area (Å²) >= 11 is 0. The van der Waals surface area contributed by atoms with E-state index in [1.54, 1.807) is 0 Å². The zero-order valence-corrected chi connectivity index (χ0v) is 13.5. The third kappa shape index (κ3) is 4.31. The molecule has 1 aromatic rings. The van der Waals surface area contributed by atoms with Crippen LogP contribution < -0.4 is 0 Å². The fourth-order valence-corrected chi connectivity index (χ4v) is 3.59. The van der Waals surface area contributed by atoms with Gasteiger partial charge in [-0.05, 0) is 37.2 Å². The van der Waals surface area contributed by atoms with E-state index >= 15 is 0 Å². The molecule has 1 aliphatic carbocycles. The number of allylic oxidation sites excluding steroid dienone is 1. The van der Waals surface area contributed by atoms with Gasteiger partial charge in [0.1, 0.15) is 6.10 Å². The van der Waals surface area contributed by atoms with Crippen LogP contribution in [0.3, 0.4) is 0 Å². The monoisotopic (exact) mass is 312 g/mol. The lowest BCUT2D eigenvalue weighted by molar-refractivity contribution is -0.140. The molecule has 3 nitrogen and oxygen atoms in total. The molecule has 0 N–H and O–H groups in total. The van der Waals surface area contributed by atoms with Crippen molar-refractivity contribution in [2.45, 2.75) is 57.5 Å². The number of rotatable bonds is 6. The first-order valence-electron chi connectivity index (χ1n) is 8.70. The molecule has 1 aliphatic heterocycles. The van der Waals surface area contributed by atoms with Crippen LogP contribution in [0.4, 0.5) is 0 Å². The van der Waals surface area contributed by atoms with Gasteiger partial charge in [-0.2, -0.15) is 0 Å². The number of ether oxygens (including phenoxy) is 1. The molecule has 3 heteroatoms. The molecule has 1 atom stereocenters. The predicted octanol–water partition coefficient (Wildman–Crippen LogP) is 4.47. The number of carbonyl (C=O) groups excluding carboxylic acids is 2. The van der Waals surface area contributed by atoms with Gasteiger partial charge in [0, 0.05) is 18.4 Å². The van der Waals surface area contributed by atoms with Gasteiger partial charge in [0.05, 0.1) is 0 Å². The van der Waals surface area contributed by atoms with Crippen molar-refractivity contribution in [2.75, 3.05) is 0 Å². The van der Waals surface area contributed by atoms with E-state index in [-0.39, 0.29) is 17.9 Å². The van der Waals surface area contributed by atoms with E-state index in [0.717, 1.165) is 17.6 Å². The maximum atomic E-state index is 12.3. The molecular formula is C20H24O3. The molecule has 0 aromatic heterocycles. The van der Waals surface area contributed by atoms with E-state index in [0.29, 0.717) is 25.2 Å². The van der Waals surface area contributed by atoms with Crippen molar-refractivity contribution in [3.63, 3.8) is 0 Å². The predicted molar refractivity (Wildman–Crippen MR) is 89.2 cm³/mol. The standard InChI is InChI=1S/C20H24O3/c21-18(16-8-2-1-3-9-16)11-10-17(14-15-6-4-5-7-15)19-12-13-20(22)23-19/h1-3,8-9,14-15,19H,4-7,10-13H2/b17-14+. The van der Waals surface area contributed by atoms with Gasteiger partial charge in [-0.3, -0.25) is 9.59 Å². The zero-order valence-electron chi connectivity index (χ0n) is 13.5. The van der Waals surface area contributed by atoms with Gasteiger partial charge >= 0.3 is 5.97 Å².